The van der Waals surface area contributed by atoms with E-state index in [0.717, 1.165) is 12.8 Å². The maximum absolute atomic E-state index is 8.55. The Balaban J connectivity index is 3.42. The molecule has 0 aliphatic heterocycles. The van der Waals surface area contributed by atoms with Crippen LogP contribution in [0.2, 0.25) is 0 Å². The van der Waals surface area contributed by atoms with E-state index in [0.29, 0.717) is 0 Å². The Bertz CT molecular complexity index is 83.7. The maximum atomic E-state index is 8.55. The zero-order chi connectivity index (χ0) is 8.04. The third-order valence-electron chi connectivity index (χ3n) is 1.42. The zero-order valence-corrected chi connectivity index (χ0v) is 7.07. The molecule has 10 heavy (non-hydrogen) atoms. The lowest BCUT2D eigenvalue weighted by Gasteiger charge is -2.25. The maximum Gasteiger partial charge on any atom is 0.0431 e. The Morgan fingerprint density at radius 3 is 2.40 bits per heavy atom. The second-order valence-corrected chi connectivity index (χ2v) is 3.09. The molecule has 0 atom stereocenters. The topological polar surface area (TPSA) is 44.3 Å². The summed E-state index contributed by atoms with van der Waals surface area (Å²) in [6.07, 6.45) is 1.83. The van der Waals surface area contributed by atoms with Gasteiger partial charge in [-0.25, -0.2) is 0 Å². The summed E-state index contributed by atoms with van der Waals surface area (Å²) in [6.45, 7) is 4.47. The first-order valence-electron chi connectivity index (χ1n) is 3.67. The SMILES string of the molecule is CNNC(C)(C)CCCO. The van der Waals surface area contributed by atoms with Crippen LogP contribution in [0.4, 0.5) is 0 Å². The molecule has 0 aliphatic carbocycles. The Morgan fingerprint density at radius 2 is 2.00 bits per heavy atom. The van der Waals surface area contributed by atoms with E-state index >= 15 is 0 Å². The molecule has 0 amide bonds. The van der Waals surface area contributed by atoms with Gasteiger partial charge in [-0.15, -0.1) is 0 Å². The van der Waals surface area contributed by atoms with E-state index in [9.17, 15) is 0 Å². The van der Waals surface area contributed by atoms with Crippen molar-refractivity contribution in [1.29, 1.82) is 0 Å². The highest BCUT2D eigenvalue weighted by atomic mass is 16.2. The number of rotatable bonds is 5. The molecule has 0 unspecified atom stereocenters. The van der Waals surface area contributed by atoms with Gasteiger partial charge in [-0.1, -0.05) is 0 Å². The van der Waals surface area contributed by atoms with E-state index in [1.54, 1.807) is 0 Å². The molecule has 0 aliphatic rings. The van der Waals surface area contributed by atoms with Gasteiger partial charge in [0.15, 0.2) is 0 Å². The molecule has 0 aromatic carbocycles. The minimum absolute atomic E-state index is 0.0808. The summed E-state index contributed by atoms with van der Waals surface area (Å²) in [5, 5.41) is 8.55. The van der Waals surface area contributed by atoms with Gasteiger partial charge in [-0.05, 0) is 33.7 Å². The second kappa shape index (κ2) is 4.66. The monoisotopic (exact) mass is 146 g/mol. The Hall–Kier alpha value is -0.120. The molecule has 3 nitrogen and oxygen atoms in total. The highest BCUT2D eigenvalue weighted by molar-refractivity contribution is 4.73. The van der Waals surface area contributed by atoms with Gasteiger partial charge in [-0.2, -0.15) is 0 Å². The van der Waals surface area contributed by atoms with Gasteiger partial charge in [0.2, 0.25) is 0 Å². The van der Waals surface area contributed by atoms with Crippen molar-refractivity contribution in [2.45, 2.75) is 32.2 Å². The molecule has 0 radical (unpaired) electrons. The molecule has 3 heteroatoms. The van der Waals surface area contributed by atoms with Crippen molar-refractivity contribution in [3.05, 3.63) is 0 Å². The van der Waals surface area contributed by atoms with Crippen molar-refractivity contribution in [2.75, 3.05) is 13.7 Å². The van der Waals surface area contributed by atoms with Gasteiger partial charge in [0.1, 0.15) is 0 Å². The summed E-state index contributed by atoms with van der Waals surface area (Å²) in [7, 11) is 1.85. The number of hydrogen-bond acceptors (Lipinski definition) is 3. The normalized spacial score (nSPS) is 12.0. The van der Waals surface area contributed by atoms with Crippen molar-refractivity contribution in [3.63, 3.8) is 0 Å². The average molecular weight is 146 g/mol. The molecular weight excluding hydrogens is 128 g/mol. The number of aliphatic hydroxyl groups is 1. The summed E-state index contributed by atoms with van der Waals surface area (Å²) in [4.78, 5) is 0. The van der Waals surface area contributed by atoms with Crippen LogP contribution in [0.3, 0.4) is 0 Å². The zero-order valence-electron chi connectivity index (χ0n) is 7.07. The van der Waals surface area contributed by atoms with Crippen molar-refractivity contribution in [2.24, 2.45) is 0 Å². The molecule has 0 bridgehead atoms. The first-order chi connectivity index (χ1) is 4.62. The number of hydrogen-bond donors (Lipinski definition) is 3. The van der Waals surface area contributed by atoms with Gasteiger partial charge in [0.25, 0.3) is 0 Å². The van der Waals surface area contributed by atoms with Crippen LogP contribution in [-0.2, 0) is 0 Å². The molecule has 0 fully saturated rings. The lowest BCUT2D eigenvalue weighted by atomic mass is 10.00. The van der Waals surface area contributed by atoms with Gasteiger partial charge in [0.05, 0.1) is 0 Å². The summed E-state index contributed by atoms with van der Waals surface area (Å²) < 4.78 is 0. The molecule has 0 aromatic rings. The number of nitrogens with one attached hydrogen (secondary N) is 2. The van der Waals surface area contributed by atoms with Crippen LogP contribution in [0, 0.1) is 0 Å². The number of aliphatic hydroxyl groups excluding tert-OH is 1. The standard InChI is InChI=1S/C7H18N2O/c1-7(2,9-8-3)5-4-6-10/h8-10H,4-6H2,1-3H3. The highest BCUT2D eigenvalue weighted by Gasteiger charge is 2.14. The molecule has 62 valence electrons. The van der Waals surface area contributed by atoms with Crippen LogP contribution in [0.25, 0.3) is 0 Å². The summed E-state index contributed by atoms with van der Waals surface area (Å²) >= 11 is 0. The molecular formula is C7H18N2O. The van der Waals surface area contributed by atoms with Crippen LogP contribution in [0.5, 0.6) is 0 Å². The predicted octanol–water partition coefficient (Wildman–Crippen LogP) is 0.261. The second-order valence-electron chi connectivity index (χ2n) is 3.09. The fourth-order valence-corrected chi connectivity index (χ4v) is 0.922. The van der Waals surface area contributed by atoms with Crippen molar-refractivity contribution in [3.8, 4) is 0 Å². The van der Waals surface area contributed by atoms with E-state index in [1.165, 1.54) is 0 Å². The molecule has 0 heterocycles. The third kappa shape index (κ3) is 4.73. The summed E-state index contributed by atoms with van der Waals surface area (Å²) in [6, 6.07) is 0. The predicted molar refractivity (Wildman–Crippen MR) is 42.6 cm³/mol. The summed E-state index contributed by atoms with van der Waals surface area (Å²) in [5.74, 6) is 0. The smallest absolute Gasteiger partial charge is 0.0431 e. The minimum Gasteiger partial charge on any atom is -0.396 e. The Kier molecular flexibility index (Phi) is 4.60. The van der Waals surface area contributed by atoms with Gasteiger partial charge in [-0.3, -0.25) is 10.9 Å². The van der Waals surface area contributed by atoms with Crippen LogP contribution < -0.4 is 10.9 Å². The lowest BCUT2D eigenvalue weighted by molar-refractivity contribution is 0.246. The van der Waals surface area contributed by atoms with Crippen molar-refractivity contribution < 1.29 is 5.11 Å². The minimum atomic E-state index is 0.0808. The lowest BCUT2D eigenvalue weighted by Crippen LogP contribution is -2.46. The third-order valence-corrected chi connectivity index (χ3v) is 1.42. The van der Waals surface area contributed by atoms with Crippen molar-refractivity contribution in [1.82, 2.24) is 10.9 Å². The van der Waals surface area contributed by atoms with Crippen LogP contribution in [0.15, 0.2) is 0 Å². The summed E-state index contributed by atoms with van der Waals surface area (Å²) in [5.41, 5.74) is 6.06. The first-order valence-corrected chi connectivity index (χ1v) is 3.67. The van der Waals surface area contributed by atoms with E-state index in [4.69, 9.17) is 5.11 Å². The molecule has 0 saturated heterocycles. The van der Waals surface area contributed by atoms with Crippen LogP contribution >= 0.6 is 0 Å². The fraction of sp³-hybridized carbons (Fsp3) is 1.00. The molecule has 0 aromatic heterocycles. The first kappa shape index (κ1) is 9.88. The largest absolute Gasteiger partial charge is 0.396 e. The van der Waals surface area contributed by atoms with E-state index in [1.807, 2.05) is 7.05 Å². The van der Waals surface area contributed by atoms with E-state index < -0.39 is 0 Å². The van der Waals surface area contributed by atoms with Crippen molar-refractivity contribution >= 4 is 0 Å². The quantitative estimate of drug-likeness (QED) is 0.487. The number of hydrazine groups is 1. The van der Waals surface area contributed by atoms with Crippen LogP contribution in [0.1, 0.15) is 26.7 Å². The van der Waals surface area contributed by atoms with E-state index in [-0.39, 0.29) is 12.1 Å². The van der Waals surface area contributed by atoms with Gasteiger partial charge >= 0.3 is 0 Å². The highest BCUT2D eigenvalue weighted by Crippen LogP contribution is 2.08. The molecule has 0 spiro atoms. The Morgan fingerprint density at radius 1 is 1.40 bits per heavy atom. The molecule has 3 N–H and O–H groups in total. The van der Waals surface area contributed by atoms with Gasteiger partial charge < -0.3 is 5.11 Å². The van der Waals surface area contributed by atoms with E-state index in [2.05, 4.69) is 24.7 Å². The molecule has 0 rings (SSSR count). The Labute approximate surface area is 62.8 Å². The van der Waals surface area contributed by atoms with Gasteiger partial charge in [0, 0.05) is 12.1 Å². The van der Waals surface area contributed by atoms with Crippen LogP contribution in [-0.4, -0.2) is 24.3 Å². The molecule has 0 saturated carbocycles. The average Bonchev–Trinajstić information content (AvgIpc) is 1.84. The fourth-order valence-electron chi connectivity index (χ4n) is 0.922.